The molecule has 1 aliphatic heterocycles. The Morgan fingerprint density at radius 2 is 1.85 bits per heavy atom. The number of benzene rings is 2. The van der Waals surface area contributed by atoms with E-state index in [1.807, 2.05) is 26.0 Å². The smallest absolute Gasteiger partial charge is 0.310 e. The van der Waals surface area contributed by atoms with E-state index >= 15 is 0 Å². The van der Waals surface area contributed by atoms with Crippen molar-refractivity contribution in [3.05, 3.63) is 53.6 Å². The fraction of sp³-hybridized carbons (Fsp3) is 0.300. The van der Waals surface area contributed by atoms with Crippen molar-refractivity contribution >= 4 is 17.6 Å². The first kappa shape index (κ1) is 17.8. The average molecular weight is 355 g/mol. The molecular weight excluding hydrogens is 334 g/mol. The summed E-state index contributed by atoms with van der Waals surface area (Å²) in [7, 11) is 0. The maximum atomic E-state index is 12.0. The van der Waals surface area contributed by atoms with E-state index in [0.29, 0.717) is 11.4 Å². The molecule has 1 amide bonds. The highest BCUT2D eigenvalue weighted by Gasteiger charge is 2.30. The number of anilines is 1. The molecule has 1 atom stereocenters. The van der Waals surface area contributed by atoms with Crippen LogP contribution in [0.1, 0.15) is 17.5 Å². The van der Waals surface area contributed by atoms with Crippen LogP contribution in [0, 0.1) is 13.8 Å². The largest absolute Gasteiger partial charge is 0.490 e. The Hall–Kier alpha value is -3.02. The van der Waals surface area contributed by atoms with Crippen LogP contribution in [0.15, 0.2) is 42.5 Å². The molecule has 0 spiro atoms. The Kier molecular flexibility index (Phi) is 5.41. The highest BCUT2D eigenvalue weighted by Crippen LogP contribution is 2.29. The molecule has 6 nitrogen and oxygen atoms in total. The second kappa shape index (κ2) is 7.91. The van der Waals surface area contributed by atoms with E-state index in [9.17, 15) is 9.59 Å². The first-order valence-electron chi connectivity index (χ1n) is 8.44. The van der Waals surface area contributed by atoms with Gasteiger partial charge in [0.2, 0.25) is 0 Å². The molecule has 0 saturated carbocycles. The molecule has 6 heteroatoms. The maximum Gasteiger partial charge on any atom is 0.310 e. The quantitative estimate of drug-likeness (QED) is 0.637. The highest BCUT2D eigenvalue weighted by molar-refractivity contribution is 5.99. The number of hydrogen-bond donors (Lipinski definition) is 1. The van der Waals surface area contributed by atoms with Gasteiger partial charge in [0, 0.05) is 0 Å². The van der Waals surface area contributed by atoms with Crippen LogP contribution in [-0.2, 0) is 14.3 Å². The van der Waals surface area contributed by atoms with Crippen LogP contribution < -0.4 is 14.8 Å². The summed E-state index contributed by atoms with van der Waals surface area (Å²) in [6.07, 6.45) is -1.04. The number of para-hydroxylation sites is 2. The first-order valence-corrected chi connectivity index (χ1v) is 8.44. The minimum Gasteiger partial charge on any atom is -0.490 e. The molecule has 3 rings (SSSR count). The third-order valence-corrected chi connectivity index (χ3v) is 3.87. The van der Waals surface area contributed by atoms with Gasteiger partial charge >= 0.3 is 5.97 Å². The molecule has 0 radical (unpaired) electrons. The number of carbonyl (C=O) groups excluding carboxylic acids is 2. The van der Waals surface area contributed by atoms with Gasteiger partial charge in [-0.05, 0) is 49.2 Å². The molecule has 1 heterocycles. The zero-order chi connectivity index (χ0) is 18.5. The van der Waals surface area contributed by atoms with Crippen LogP contribution in [0.4, 0.5) is 5.69 Å². The third-order valence-electron chi connectivity index (χ3n) is 3.87. The van der Waals surface area contributed by atoms with Crippen LogP contribution in [0.3, 0.4) is 0 Å². The van der Waals surface area contributed by atoms with E-state index in [-0.39, 0.29) is 25.5 Å². The van der Waals surface area contributed by atoms with Gasteiger partial charge in [0.25, 0.3) is 5.91 Å². The van der Waals surface area contributed by atoms with Crippen LogP contribution in [-0.4, -0.2) is 31.2 Å². The number of rotatable bonds is 6. The Bertz CT molecular complexity index is 797. The number of hydrogen-bond acceptors (Lipinski definition) is 5. The maximum absolute atomic E-state index is 12.0. The lowest BCUT2D eigenvalue weighted by molar-refractivity contribution is -0.148. The summed E-state index contributed by atoms with van der Waals surface area (Å²) >= 11 is 0. The van der Waals surface area contributed by atoms with E-state index in [2.05, 4.69) is 11.4 Å². The van der Waals surface area contributed by atoms with E-state index in [4.69, 9.17) is 14.2 Å². The highest BCUT2D eigenvalue weighted by atomic mass is 16.6. The van der Waals surface area contributed by atoms with E-state index in [1.54, 1.807) is 24.3 Å². The van der Waals surface area contributed by atoms with Crippen LogP contribution in [0.2, 0.25) is 0 Å². The van der Waals surface area contributed by atoms with Crippen LogP contribution in [0.5, 0.6) is 11.5 Å². The summed E-state index contributed by atoms with van der Waals surface area (Å²) in [4.78, 5) is 24.0. The fourth-order valence-electron chi connectivity index (χ4n) is 2.77. The Balaban J connectivity index is 1.44. The van der Waals surface area contributed by atoms with E-state index in [0.717, 1.165) is 16.9 Å². The predicted octanol–water partition coefficient (Wildman–Crippen LogP) is 3.02. The summed E-state index contributed by atoms with van der Waals surface area (Å²) in [6, 6.07) is 13.0. The molecule has 26 heavy (non-hydrogen) atoms. The van der Waals surface area contributed by atoms with Crippen molar-refractivity contribution in [1.82, 2.24) is 0 Å². The van der Waals surface area contributed by atoms with Crippen molar-refractivity contribution in [2.75, 3.05) is 18.5 Å². The molecule has 2 aromatic rings. The minimum absolute atomic E-state index is 0.108. The topological polar surface area (TPSA) is 73.9 Å². The average Bonchev–Trinajstić information content (AvgIpc) is 2.58. The van der Waals surface area contributed by atoms with Crippen molar-refractivity contribution in [3.8, 4) is 11.5 Å². The third kappa shape index (κ3) is 4.53. The van der Waals surface area contributed by atoms with Gasteiger partial charge in [0.1, 0.15) is 24.7 Å². The molecule has 0 saturated heterocycles. The van der Waals surface area contributed by atoms with Crippen molar-refractivity contribution < 1.29 is 23.8 Å². The lowest BCUT2D eigenvalue weighted by atomic mass is 10.1. The monoisotopic (exact) mass is 355 g/mol. The summed E-state index contributed by atoms with van der Waals surface area (Å²) < 4.78 is 16.3. The second-order valence-electron chi connectivity index (χ2n) is 6.19. The summed E-state index contributed by atoms with van der Waals surface area (Å²) in [5, 5.41) is 2.72. The van der Waals surface area contributed by atoms with Gasteiger partial charge in [-0.2, -0.15) is 0 Å². The number of aryl methyl sites for hydroxylation is 2. The van der Waals surface area contributed by atoms with Crippen molar-refractivity contribution in [2.24, 2.45) is 0 Å². The lowest BCUT2D eigenvalue weighted by Gasteiger charge is -2.25. The van der Waals surface area contributed by atoms with E-state index in [1.165, 1.54) is 0 Å². The molecule has 0 aliphatic carbocycles. The predicted molar refractivity (Wildman–Crippen MR) is 96.5 cm³/mol. The molecule has 1 unspecified atom stereocenters. The zero-order valence-corrected chi connectivity index (χ0v) is 14.8. The van der Waals surface area contributed by atoms with Crippen LogP contribution >= 0.6 is 0 Å². The number of amides is 1. The molecular formula is C20H21NO5. The van der Waals surface area contributed by atoms with Gasteiger partial charge in [-0.1, -0.05) is 18.2 Å². The van der Waals surface area contributed by atoms with Gasteiger partial charge in [0.15, 0.2) is 6.10 Å². The van der Waals surface area contributed by atoms with Crippen molar-refractivity contribution in [1.29, 1.82) is 0 Å². The lowest BCUT2D eigenvalue weighted by Crippen LogP contribution is -2.39. The molecule has 0 fully saturated rings. The Morgan fingerprint density at radius 1 is 1.12 bits per heavy atom. The van der Waals surface area contributed by atoms with Gasteiger partial charge < -0.3 is 19.5 Å². The molecule has 2 aromatic carbocycles. The molecule has 0 aromatic heterocycles. The number of fused-ring (bicyclic) bond motifs is 1. The van der Waals surface area contributed by atoms with Gasteiger partial charge in [0.05, 0.1) is 12.1 Å². The minimum atomic E-state index is -0.891. The van der Waals surface area contributed by atoms with Crippen LogP contribution in [0.25, 0.3) is 0 Å². The SMILES string of the molecule is Cc1cc(C)cc(OCCOC(=O)CC2Oc3ccccc3NC2=O)c1. The van der Waals surface area contributed by atoms with E-state index < -0.39 is 12.1 Å². The number of esters is 1. The number of nitrogens with one attached hydrogen (secondary N) is 1. The normalized spacial score (nSPS) is 15.5. The fourth-order valence-corrected chi connectivity index (χ4v) is 2.77. The first-order chi connectivity index (χ1) is 12.5. The Morgan fingerprint density at radius 3 is 2.62 bits per heavy atom. The summed E-state index contributed by atoms with van der Waals surface area (Å²) in [6.45, 7) is 4.34. The van der Waals surface area contributed by atoms with Gasteiger partial charge in [-0.25, -0.2) is 0 Å². The second-order valence-corrected chi connectivity index (χ2v) is 6.19. The van der Waals surface area contributed by atoms with Gasteiger partial charge in [-0.15, -0.1) is 0 Å². The van der Waals surface area contributed by atoms with Crippen molar-refractivity contribution in [3.63, 3.8) is 0 Å². The molecule has 1 N–H and O–H groups in total. The number of carbonyl (C=O) groups is 2. The number of ether oxygens (including phenoxy) is 3. The zero-order valence-electron chi connectivity index (χ0n) is 14.8. The standard InChI is InChI=1S/C20H21NO5/c1-13-9-14(2)11-15(10-13)24-7-8-25-19(22)12-18-20(23)21-16-5-3-4-6-17(16)26-18/h3-6,9-11,18H,7-8,12H2,1-2H3,(H,21,23). The Labute approximate surface area is 152 Å². The molecule has 136 valence electrons. The molecule has 0 bridgehead atoms. The summed E-state index contributed by atoms with van der Waals surface area (Å²) in [5.74, 6) is 0.425. The molecule has 1 aliphatic rings. The van der Waals surface area contributed by atoms with Gasteiger partial charge in [-0.3, -0.25) is 9.59 Å². The van der Waals surface area contributed by atoms with Crippen molar-refractivity contribution in [2.45, 2.75) is 26.4 Å². The summed E-state index contributed by atoms with van der Waals surface area (Å²) in [5.41, 5.74) is 2.82.